The summed E-state index contributed by atoms with van der Waals surface area (Å²) in [5.74, 6) is -0.608. The summed E-state index contributed by atoms with van der Waals surface area (Å²) in [6.07, 6.45) is 0. The third-order valence-electron chi connectivity index (χ3n) is 3.06. The first-order valence-electron chi connectivity index (χ1n) is 6.46. The first kappa shape index (κ1) is 13.1. The Labute approximate surface area is 120 Å². The van der Waals surface area contributed by atoms with Crippen LogP contribution in [0.1, 0.15) is 6.92 Å². The molecule has 0 saturated carbocycles. The van der Waals surface area contributed by atoms with Crippen molar-refractivity contribution >= 4 is 16.9 Å². The summed E-state index contributed by atoms with van der Waals surface area (Å²) < 4.78 is 10.7. The number of ether oxygens (including phenoxy) is 1. The van der Waals surface area contributed by atoms with Gasteiger partial charge in [0.05, 0.1) is 5.39 Å². The predicted octanol–water partition coefficient (Wildman–Crippen LogP) is 3.39. The molecule has 21 heavy (non-hydrogen) atoms. The van der Waals surface area contributed by atoms with Gasteiger partial charge < -0.3 is 9.15 Å². The Kier molecular flexibility index (Phi) is 3.28. The minimum Gasteiger partial charge on any atom is -0.425 e. The highest BCUT2D eigenvalue weighted by molar-refractivity contribution is 5.85. The molecule has 0 saturated heterocycles. The van der Waals surface area contributed by atoms with Crippen LogP contribution < -0.4 is 10.2 Å². The lowest BCUT2D eigenvalue weighted by atomic mass is 10.1. The number of para-hydroxylation sites is 1. The van der Waals surface area contributed by atoms with Crippen molar-refractivity contribution in [2.24, 2.45) is 0 Å². The molecule has 0 radical (unpaired) electrons. The molecule has 0 spiro atoms. The molecule has 0 aliphatic rings. The number of carbonyl (C=O) groups excluding carboxylic acids is 1. The van der Waals surface area contributed by atoms with Crippen molar-refractivity contribution in [1.29, 1.82) is 0 Å². The molecule has 2 aromatic carbocycles. The summed E-state index contributed by atoms with van der Waals surface area (Å²) in [4.78, 5) is 23.9. The molecular formula is C17H12O4. The molecular weight excluding hydrogens is 268 g/mol. The van der Waals surface area contributed by atoms with Crippen molar-refractivity contribution < 1.29 is 13.9 Å². The fourth-order valence-electron chi connectivity index (χ4n) is 2.18. The second kappa shape index (κ2) is 5.25. The molecule has 1 aromatic heterocycles. The van der Waals surface area contributed by atoms with E-state index in [0.29, 0.717) is 16.5 Å². The molecule has 0 fully saturated rings. The normalized spacial score (nSPS) is 10.5. The predicted molar refractivity (Wildman–Crippen MR) is 79.2 cm³/mol. The van der Waals surface area contributed by atoms with Gasteiger partial charge in [0, 0.05) is 6.92 Å². The van der Waals surface area contributed by atoms with E-state index in [2.05, 4.69) is 0 Å². The van der Waals surface area contributed by atoms with Crippen LogP contribution in [0.4, 0.5) is 0 Å². The zero-order valence-corrected chi connectivity index (χ0v) is 11.3. The molecule has 3 aromatic rings. The van der Waals surface area contributed by atoms with Gasteiger partial charge in [-0.2, -0.15) is 0 Å². The average molecular weight is 280 g/mol. The van der Waals surface area contributed by atoms with E-state index in [4.69, 9.17) is 9.15 Å². The van der Waals surface area contributed by atoms with Crippen LogP contribution in [0.2, 0.25) is 0 Å². The van der Waals surface area contributed by atoms with Gasteiger partial charge in [-0.1, -0.05) is 42.5 Å². The lowest BCUT2D eigenvalue weighted by Gasteiger charge is -2.08. The van der Waals surface area contributed by atoms with Gasteiger partial charge in [0.1, 0.15) is 11.1 Å². The van der Waals surface area contributed by atoms with E-state index in [1.165, 1.54) is 6.92 Å². The van der Waals surface area contributed by atoms with Crippen LogP contribution in [0.15, 0.2) is 63.8 Å². The van der Waals surface area contributed by atoms with Crippen LogP contribution in [0.25, 0.3) is 22.1 Å². The van der Waals surface area contributed by atoms with Gasteiger partial charge in [-0.15, -0.1) is 0 Å². The van der Waals surface area contributed by atoms with E-state index in [-0.39, 0.29) is 16.9 Å². The van der Waals surface area contributed by atoms with Gasteiger partial charge in [0.2, 0.25) is 5.43 Å². The standard InChI is InChI=1S/C17H12O4/c1-11(18)20-17-15(12-7-3-2-4-8-12)16(19)13-9-5-6-10-14(13)21-17/h2-10H,1H3. The molecule has 0 atom stereocenters. The summed E-state index contributed by atoms with van der Waals surface area (Å²) in [5.41, 5.74) is 1.07. The summed E-state index contributed by atoms with van der Waals surface area (Å²) in [5, 5.41) is 0.451. The maximum Gasteiger partial charge on any atom is 0.310 e. The molecule has 0 amide bonds. The summed E-state index contributed by atoms with van der Waals surface area (Å²) in [6.45, 7) is 1.27. The molecule has 4 heteroatoms. The van der Waals surface area contributed by atoms with Crippen molar-refractivity contribution in [3.8, 4) is 17.1 Å². The number of hydrogen-bond donors (Lipinski definition) is 0. The zero-order valence-electron chi connectivity index (χ0n) is 11.3. The van der Waals surface area contributed by atoms with E-state index >= 15 is 0 Å². The molecule has 0 aliphatic heterocycles. The van der Waals surface area contributed by atoms with Crippen LogP contribution in [0, 0.1) is 0 Å². The molecule has 0 unspecified atom stereocenters. The minimum absolute atomic E-state index is 0.0719. The molecule has 4 nitrogen and oxygen atoms in total. The molecule has 1 heterocycles. The quantitative estimate of drug-likeness (QED) is 0.675. The second-order valence-electron chi connectivity index (χ2n) is 4.55. The van der Waals surface area contributed by atoms with Crippen molar-refractivity contribution in [3.05, 3.63) is 64.8 Å². The molecule has 0 bridgehead atoms. The Balaban J connectivity index is 2.37. The van der Waals surface area contributed by atoms with Crippen LogP contribution in [0.5, 0.6) is 5.95 Å². The van der Waals surface area contributed by atoms with Crippen molar-refractivity contribution in [2.45, 2.75) is 6.92 Å². The Bertz CT molecular complexity index is 863. The lowest BCUT2D eigenvalue weighted by molar-refractivity contribution is -0.133. The van der Waals surface area contributed by atoms with Crippen molar-refractivity contribution in [2.75, 3.05) is 0 Å². The van der Waals surface area contributed by atoms with Crippen molar-refractivity contribution in [1.82, 2.24) is 0 Å². The lowest BCUT2D eigenvalue weighted by Crippen LogP contribution is -2.11. The summed E-state index contributed by atoms with van der Waals surface area (Å²) in [6, 6.07) is 15.9. The molecule has 0 aliphatic carbocycles. The number of fused-ring (bicyclic) bond motifs is 1. The smallest absolute Gasteiger partial charge is 0.310 e. The Morgan fingerprint density at radius 1 is 1.00 bits per heavy atom. The first-order chi connectivity index (χ1) is 10.2. The Hall–Kier alpha value is -2.88. The summed E-state index contributed by atoms with van der Waals surface area (Å²) >= 11 is 0. The minimum atomic E-state index is -0.536. The number of rotatable bonds is 2. The maximum absolute atomic E-state index is 12.7. The van der Waals surface area contributed by atoms with Gasteiger partial charge in [-0.3, -0.25) is 9.59 Å². The van der Waals surface area contributed by atoms with Crippen LogP contribution in [-0.4, -0.2) is 5.97 Å². The maximum atomic E-state index is 12.7. The van der Waals surface area contributed by atoms with Gasteiger partial charge in [0.25, 0.3) is 0 Å². The van der Waals surface area contributed by atoms with E-state index in [1.807, 2.05) is 18.2 Å². The van der Waals surface area contributed by atoms with Gasteiger partial charge in [-0.25, -0.2) is 0 Å². The van der Waals surface area contributed by atoms with E-state index in [1.54, 1.807) is 36.4 Å². The highest BCUT2D eigenvalue weighted by Gasteiger charge is 2.18. The second-order valence-corrected chi connectivity index (χ2v) is 4.55. The highest BCUT2D eigenvalue weighted by Crippen LogP contribution is 2.30. The van der Waals surface area contributed by atoms with Crippen LogP contribution in [-0.2, 0) is 4.79 Å². The largest absolute Gasteiger partial charge is 0.425 e. The summed E-state index contributed by atoms with van der Waals surface area (Å²) in [7, 11) is 0. The number of hydrogen-bond acceptors (Lipinski definition) is 4. The fourth-order valence-corrected chi connectivity index (χ4v) is 2.18. The molecule has 3 rings (SSSR count). The SMILES string of the molecule is CC(=O)Oc1oc2ccccc2c(=O)c1-c1ccccc1. The Morgan fingerprint density at radius 2 is 1.67 bits per heavy atom. The third-order valence-corrected chi connectivity index (χ3v) is 3.06. The van der Waals surface area contributed by atoms with E-state index in [0.717, 1.165) is 0 Å². The molecule has 104 valence electrons. The first-order valence-corrected chi connectivity index (χ1v) is 6.46. The fraction of sp³-hybridized carbons (Fsp3) is 0.0588. The zero-order chi connectivity index (χ0) is 14.8. The van der Waals surface area contributed by atoms with Crippen LogP contribution in [0.3, 0.4) is 0 Å². The van der Waals surface area contributed by atoms with Crippen molar-refractivity contribution in [3.63, 3.8) is 0 Å². The number of benzene rings is 2. The molecule has 0 N–H and O–H groups in total. The van der Waals surface area contributed by atoms with E-state index < -0.39 is 5.97 Å². The average Bonchev–Trinajstić information content (AvgIpc) is 2.48. The number of esters is 1. The third kappa shape index (κ3) is 2.43. The number of carbonyl (C=O) groups is 1. The topological polar surface area (TPSA) is 56.5 Å². The van der Waals surface area contributed by atoms with Gasteiger partial charge >= 0.3 is 11.9 Å². The highest BCUT2D eigenvalue weighted by atomic mass is 16.6. The van der Waals surface area contributed by atoms with E-state index in [9.17, 15) is 9.59 Å². The Morgan fingerprint density at radius 3 is 2.38 bits per heavy atom. The van der Waals surface area contributed by atoms with Gasteiger partial charge in [-0.05, 0) is 17.7 Å². The van der Waals surface area contributed by atoms with Gasteiger partial charge in [0.15, 0.2) is 0 Å². The monoisotopic (exact) mass is 280 g/mol. The van der Waals surface area contributed by atoms with Crippen LogP contribution >= 0.6 is 0 Å².